The number of ether oxygens (including phenoxy) is 1. The van der Waals surface area contributed by atoms with Gasteiger partial charge >= 0.3 is 5.97 Å². The Morgan fingerprint density at radius 3 is 2.54 bits per heavy atom. The fraction of sp³-hybridized carbons (Fsp3) is 0.333. The summed E-state index contributed by atoms with van der Waals surface area (Å²) in [6, 6.07) is 9.12. The Hall–Kier alpha value is -2.12. The molecule has 0 saturated carbocycles. The van der Waals surface area contributed by atoms with E-state index in [0.29, 0.717) is 16.7 Å². The molecule has 8 heteroatoms. The molecule has 0 N–H and O–H groups in total. The summed E-state index contributed by atoms with van der Waals surface area (Å²) in [5, 5.41) is 1.13. The van der Waals surface area contributed by atoms with E-state index in [1.165, 1.54) is 16.7 Å². The van der Waals surface area contributed by atoms with E-state index in [-0.39, 0.29) is 18.3 Å². The Morgan fingerprint density at radius 2 is 1.88 bits per heavy atom. The number of halogens is 1. The van der Waals surface area contributed by atoms with Gasteiger partial charge in [-0.2, -0.15) is 0 Å². The molecule has 1 aromatic heterocycles. The van der Waals surface area contributed by atoms with Gasteiger partial charge in [-0.15, -0.1) is 0 Å². The largest absolute Gasteiger partial charge is 0.455 e. The first-order valence-electron chi connectivity index (χ1n) is 7.92. The molecule has 0 saturated heterocycles. The first kappa shape index (κ1) is 20.2. The third-order valence-corrected chi connectivity index (χ3v) is 4.43. The van der Waals surface area contributed by atoms with Crippen molar-refractivity contribution in [1.82, 2.24) is 14.9 Å². The smallest absolute Gasteiger partial charge is 0.316 e. The van der Waals surface area contributed by atoms with Gasteiger partial charge in [-0.1, -0.05) is 35.5 Å². The number of thioether (sulfide) groups is 1. The zero-order chi connectivity index (χ0) is 19.1. The molecule has 1 aromatic carbocycles. The van der Waals surface area contributed by atoms with E-state index in [4.69, 9.17) is 16.3 Å². The second kappa shape index (κ2) is 9.54. The van der Waals surface area contributed by atoms with E-state index in [0.717, 1.165) is 17.0 Å². The van der Waals surface area contributed by atoms with Gasteiger partial charge in [-0.05, 0) is 37.6 Å². The van der Waals surface area contributed by atoms with Crippen LogP contribution in [0, 0.1) is 13.8 Å². The fourth-order valence-electron chi connectivity index (χ4n) is 2.17. The summed E-state index contributed by atoms with van der Waals surface area (Å²) in [6.45, 7) is 3.82. The van der Waals surface area contributed by atoms with Crippen molar-refractivity contribution in [2.45, 2.75) is 25.5 Å². The molecule has 2 aromatic rings. The minimum absolute atomic E-state index is 0.0498. The number of carbonyl (C=O) groups is 2. The summed E-state index contributed by atoms with van der Waals surface area (Å²) in [7, 11) is 1.65. The van der Waals surface area contributed by atoms with E-state index in [2.05, 4.69) is 9.97 Å². The van der Waals surface area contributed by atoms with Gasteiger partial charge in [0, 0.05) is 30.0 Å². The van der Waals surface area contributed by atoms with Crippen LogP contribution in [-0.2, 0) is 20.9 Å². The summed E-state index contributed by atoms with van der Waals surface area (Å²) in [6.07, 6.45) is 0. The average Bonchev–Trinajstić information content (AvgIpc) is 2.57. The number of amides is 1. The number of aromatic nitrogens is 2. The predicted molar refractivity (Wildman–Crippen MR) is 101 cm³/mol. The van der Waals surface area contributed by atoms with Crippen LogP contribution in [0.4, 0.5) is 0 Å². The van der Waals surface area contributed by atoms with Crippen molar-refractivity contribution in [1.29, 1.82) is 0 Å². The Bertz CT molecular complexity index is 781. The summed E-state index contributed by atoms with van der Waals surface area (Å²) >= 11 is 7.11. The zero-order valence-electron chi connectivity index (χ0n) is 14.9. The van der Waals surface area contributed by atoms with E-state index in [1.807, 2.05) is 32.0 Å². The van der Waals surface area contributed by atoms with Gasteiger partial charge in [-0.25, -0.2) is 9.97 Å². The molecule has 0 fully saturated rings. The molecule has 0 aliphatic carbocycles. The first-order valence-corrected chi connectivity index (χ1v) is 9.29. The Morgan fingerprint density at radius 1 is 1.19 bits per heavy atom. The standard InChI is InChI=1S/C18H20ClN3O3S/c1-12-7-13(2)21-18(20-12)26-11-17(24)25-10-16(23)22(3)9-14-5-4-6-15(19)8-14/h4-8H,9-11H2,1-3H3. The fourth-order valence-corrected chi connectivity index (χ4v) is 3.13. The van der Waals surface area contributed by atoms with E-state index in [1.54, 1.807) is 19.2 Å². The molecule has 6 nitrogen and oxygen atoms in total. The molecule has 2 rings (SSSR count). The zero-order valence-corrected chi connectivity index (χ0v) is 16.4. The lowest BCUT2D eigenvalue weighted by Gasteiger charge is -2.17. The van der Waals surface area contributed by atoms with Crippen LogP contribution in [-0.4, -0.2) is 46.2 Å². The summed E-state index contributed by atoms with van der Waals surface area (Å²) < 4.78 is 5.04. The Kier molecular flexibility index (Phi) is 7.41. The molecule has 1 heterocycles. The third-order valence-electron chi connectivity index (χ3n) is 3.37. The maximum absolute atomic E-state index is 12.1. The van der Waals surface area contributed by atoms with Crippen molar-refractivity contribution in [3.63, 3.8) is 0 Å². The van der Waals surface area contributed by atoms with Crippen LogP contribution < -0.4 is 0 Å². The number of carbonyl (C=O) groups excluding carboxylic acids is 2. The molecule has 0 bridgehead atoms. The summed E-state index contributed by atoms with van der Waals surface area (Å²) in [5.74, 6) is -0.720. The summed E-state index contributed by atoms with van der Waals surface area (Å²) in [4.78, 5) is 33.9. The van der Waals surface area contributed by atoms with Gasteiger partial charge in [0.25, 0.3) is 5.91 Å². The minimum atomic E-state index is -0.484. The van der Waals surface area contributed by atoms with Crippen LogP contribution in [0.25, 0.3) is 0 Å². The van der Waals surface area contributed by atoms with Gasteiger partial charge in [0.1, 0.15) is 0 Å². The van der Waals surface area contributed by atoms with Crippen LogP contribution in [0.3, 0.4) is 0 Å². The van der Waals surface area contributed by atoms with Crippen LogP contribution in [0.1, 0.15) is 17.0 Å². The van der Waals surface area contributed by atoms with Crippen molar-refractivity contribution in [3.05, 3.63) is 52.3 Å². The van der Waals surface area contributed by atoms with Crippen LogP contribution in [0.2, 0.25) is 5.02 Å². The van der Waals surface area contributed by atoms with Crippen LogP contribution in [0.5, 0.6) is 0 Å². The van der Waals surface area contributed by atoms with Crippen molar-refractivity contribution < 1.29 is 14.3 Å². The number of esters is 1. The number of hydrogen-bond acceptors (Lipinski definition) is 6. The highest BCUT2D eigenvalue weighted by atomic mass is 35.5. The quantitative estimate of drug-likeness (QED) is 0.409. The normalized spacial score (nSPS) is 10.5. The van der Waals surface area contributed by atoms with Gasteiger partial charge in [-0.3, -0.25) is 9.59 Å². The Balaban J connectivity index is 1.76. The second-order valence-corrected chi connectivity index (χ2v) is 7.14. The lowest BCUT2D eigenvalue weighted by Crippen LogP contribution is -2.31. The molecule has 26 heavy (non-hydrogen) atoms. The molecule has 1 amide bonds. The lowest BCUT2D eigenvalue weighted by molar-refractivity contribution is -0.149. The maximum atomic E-state index is 12.1. The third kappa shape index (κ3) is 6.65. The van der Waals surface area contributed by atoms with Crippen LogP contribution >= 0.6 is 23.4 Å². The van der Waals surface area contributed by atoms with Crippen LogP contribution in [0.15, 0.2) is 35.5 Å². The summed E-state index contributed by atoms with van der Waals surface area (Å²) in [5.41, 5.74) is 2.58. The number of benzene rings is 1. The minimum Gasteiger partial charge on any atom is -0.455 e. The SMILES string of the molecule is Cc1cc(C)nc(SCC(=O)OCC(=O)N(C)Cc2cccc(Cl)c2)n1. The van der Waals surface area contributed by atoms with Crippen molar-refractivity contribution in [2.24, 2.45) is 0 Å². The second-order valence-electron chi connectivity index (χ2n) is 5.76. The van der Waals surface area contributed by atoms with Gasteiger partial charge in [0.15, 0.2) is 11.8 Å². The number of aryl methyl sites for hydroxylation is 2. The van der Waals surface area contributed by atoms with Crippen molar-refractivity contribution >= 4 is 35.2 Å². The number of rotatable bonds is 7. The van der Waals surface area contributed by atoms with Gasteiger partial charge < -0.3 is 9.64 Å². The molecular weight excluding hydrogens is 374 g/mol. The molecule has 0 aliphatic rings. The number of hydrogen-bond donors (Lipinski definition) is 0. The molecule has 138 valence electrons. The average molecular weight is 394 g/mol. The predicted octanol–water partition coefficient (Wildman–Crippen LogP) is 3.04. The van der Waals surface area contributed by atoms with Gasteiger partial charge in [0.2, 0.25) is 0 Å². The monoisotopic (exact) mass is 393 g/mol. The highest BCUT2D eigenvalue weighted by Gasteiger charge is 2.13. The van der Waals surface area contributed by atoms with E-state index < -0.39 is 5.97 Å². The molecule has 0 aliphatic heterocycles. The molecule has 0 unspecified atom stereocenters. The molecule has 0 atom stereocenters. The van der Waals surface area contributed by atoms with E-state index >= 15 is 0 Å². The topological polar surface area (TPSA) is 72.4 Å². The number of likely N-dealkylation sites (N-methyl/N-ethyl adjacent to an activating group) is 1. The highest BCUT2D eigenvalue weighted by Crippen LogP contribution is 2.14. The lowest BCUT2D eigenvalue weighted by atomic mass is 10.2. The maximum Gasteiger partial charge on any atom is 0.316 e. The highest BCUT2D eigenvalue weighted by molar-refractivity contribution is 7.99. The Labute approximate surface area is 161 Å². The van der Waals surface area contributed by atoms with Crippen molar-refractivity contribution in [2.75, 3.05) is 19.4 Å². The van der Waals surface area contributed by atoms with Crippen molar-refractivity contribution in [3.8, 4) is 0 Å². The number of nitrogens with zero attached hydrogens (tertiary/aromatic N) is 3. The van der Waals surface area contributed by atoms with E-state index in [9.17, 15) is 9.59 Å². The molecule has 0 radical (unpaired) electrons. The first-order chi connectivity index (χ1) is 12.3. The molecular formula is C18H20ClN3O3S. The molecule has 0 spiro atoms. The van der Waals surface area contributed by atoms with Gasteiger partial charge in [0.05, 0.1) is 5.75 Å².